The van der Waals surface area contributed by atoms with Crippen molar-refractivity contribution in [1.29, 1.82) is 0 Å². The molecule has 2 saturated heterocycles. The van der Waals surface area contributed by atoms with Gasteiger partial charge in [-0.2, -0.15) is 0 Å². The predicted octanol–water partition coefficient (Wildman–Crippen LogP) is 13.5. The fraction of sp³-hybridized carbons (Fsp3) is 0.268. The van der Waals surface area contributed by atoms with E-state index in [9.17, 15) is 0 Å². The first kappa shape index (κ1) is 41.2. The maximum Gasteiger partial charge on any atom is 0.336 e. The van der Waals surface area contributed by atoms with E-state index in [1.807, 2.05) is 27.7 Å². The summed E-state index contributed by atoms with van der Waals surface area (Å²) < 4.78 is 44.5. The van der Waals surface area contributed by atoms with E-state index in [4.69, 9.17) is 32.8 Å². The summed E-state index contributed by atoms with van der Waals surface area (Å²) in [5.74, 6) is -0.260. The van der Waals surface area contributed by atoms with E-state index in [-0.39, 0.29) is 6.04 Å². The lowest BCUT2D eigenvalue weighted by molar-refractivity contribution is -0.177. The average Bonchev–Trinajstić information content (AvgIpc) is 3.93. The third kappa shape index (κ3) is 6.93. The smallest absolute Gasteiger partial charge is 0.336 e. The van der Waals surface area contributed by atoms with Gasteiger partial charge in [0, 0.05) is 0 Å². The Hall–Kier alpha value is -5.50. The molecule has 0 aromatic heterocycles. The first-order valence-corrected chi connectivity index (χ1v) is 23.4. The molecule has 0 unspecified atom stereocenters. The lowest BCUT2D eigenvalue weighted by Gasteiger charge is -2.42. The zero-order valence-electron chi connectivity index (χ0n) is 37.0. The highest BCUT2D eigenvalue weighted by Crippen LogP contribution is 2.66. The monoisotopic (exact) mass is 865 g/mol. The number of aliphatic imine (C=N–C) groups is 1. The molecule has 3 aliphatic rings. The Morgan fingerprint density at radius 1 is 0.531 bits per heavy atom. The summed E-state index contributed by atoms with van der Waals surface area (Å²) in [6, 6.07) is 59.9. The normalized spacial score (nSPS) is 21.9. The summed E-state index contributed by atoms with van der Waals surface area (Å²) in [6.45, 7) is 12.8. The van der Waals surface area contributed by atoms with Gasteiger partial charge in [0.15, 0.2) is 17.0 Å². The van der Waals surface area contributed by atoms with Crippen molar-refractivity contribution in [2.75, 3.05) is 6.61 Å². The molecule has 8 aromatic carbocycles. The Bertz CT molecular complexity index is 2760. The maximum absolute atomic E-state index is 7.92. The van der Waals surface area contributed by atoms with Gasteiger partial charge in [0.1, 0.15) is 24.4 Å². The molecule has 8 heteroatoms. The molecular weight excluding hydrogens is 814 g/mol. The minimum atomic E-state index is -2.35. The Morgan fingerprint density at radius 2 is 0.875 bits per heavy atom. The highest BCUT2D eigenvalue weighted by molar-refractivity contribution is 7.41. The zero-order chi connectivity index (χ0) is 43.8. The zero-order valence-corrected chi connectivity index (χ0v) is 37.9. The number of benzene rings is 8. The fourth-order valence-corrected chi connectivity index (χ4v) is 11.6. The van der Waals surface area contributed by atoms with E-state index in [1.165, 1.54) is 0 Å². The van der Waals surface area contributed by atoms with Crippen LogP contribution in [0, 0.1) is 5.92 Å². The van der Waals surface area contributed by atoms with Crippen molar-refractivity contribution < 1.29 is 27.8 Å². The van der Waals surface area contributed by atoms with E-state index >= 15 is 0 Å². The minimum Gasteiger partial charge on any atom is -0.477 e. The molecule has 7 nitrogen and oxygen atoms in total. The molecule has 0 bridgehead atoms. The van der Waals surface area contributed by atoms with Gasteiger partial charge in [-0.05, 0) is 123 Å². The van der Waals surface area contributed by atoms with Crippen LogP contribution >= 0.6 is 8.60 Å². The Balaban J connectivity index is 1.24. The van der Waals surface area contributed by atoms with Gasteiger partial charge in [-0.3, -0.25) is 13.6 Å². The quantitative estimate of drug-likeness (QED) is 0.142. The van der Waals surface area contributed by atoms with E-state index in [2.05, 4.69) is 184 Å². The van der Waals surface area contributed by atoms with Gasteiger partial charge in [0.05, 0.1) is 6.04 Å². The molecule has 64 heavy (non-hydrogen) atoms. The third-order valence-electron chi connectivity index (χ3n) is 13.3. The maximum atomic E-state index is 7.92. The topological polar surface area (TPSA) is 67.7 Å². The van der Waals surface area contributed by atoms with Gasteiger partial charge >= 0.3 is 8.60 Å². The average molecular weight is 866 g/mol. The van der Waals surface area contributed by atoms with Crippen LogP contribution in [0.25, 0.3) is 43.1 Å². The summed E-state index contributed by atoms with van der Waals surface area (Å²) in [5.41, 5.74) is -0.234. The number of rotatable bonds is 8. The summed E-state index contributed by atoms with van der Waals surface area (Å²) in [7, 11) is -2.35. The molecule has 0 radical (unpaired) electrons. The Kier molecular flexibility index (Phi) is 10.0. The van der Waals surface area contributed by atoms with Crippen LogP contribution < -0.4 is 0 Å². The highest BCUT2D eigenvalue weighted by Gasteiger charge is 2.68. The minimum absolute atomic E-state index is 0.00796. The Labute approximate surface area is 375 Å². The second kappa shape index (κ2) is 15.6. The highest BCUT2D eigenvalue weighted by atomic mass is 31.2. The Morgan fingerprint density at radius 3 is 1.20 bits per heavy atom. The van der Waals surface area contributed by atoms with Crippen LogP contribution in [0.15, 0.2) is 175 Å². The molecule has 11 rings (SSSR count). The van der Waals surface area contributed by atoms with Gasteiger partial charge in [0.25, 0.3) is 0 Å². The van der Waals surface area contributed by atoms with Crippen molar-refractivity contribution in [3.8, 4) is 0 Å². The fourth-order valence-electron chi connectivity index (χ4n) is 9.92. The SMILES string of the molecule is CC(C)[C@@H]1COC(C(C)(C)OP2OC(c3ccc4ccccc4c3)(c3ccc4ccccc4c3)[C@@H]3OC(C)(C)O[C@H]3C(c3ccc4ccccc4c3)(c3ccc4ccccc4c3)O2)=N1. The number of ether oxygens (including phenoxy) is 3. The number of hydrogen-bond acceptors (Lipinski definition) is 7. The van der Waals surface area contributed by atoms with Crippen molar-refractivity contribution in [1.82, 2.24) is 0 Å². The summed E-state index contributed by atoms with van der Waals surface area (Å²) in [6.07, 6.45) is -1.60. The third-order valence-corrected chi connectivity index (χ3v) is 14.8. The van der Waals surface area contributed by atoms with Crippen molar-refractivity contribution >= 4 is 57.6 Å². The van der Waals surface area contributed by atoms with Crippen LogP contribution in [0.4, 0.5) is 0 Å². The van der Waals surface area contributed by atoms with E-state index in [0.29, 0.717) is 18.4 Å². The van der Waals surface area contributed by atoms with Crippen LogP contribution in [-0.4, -0.2) is 42.1 Å². The lowest BCUT2D eigenvalue weighted by Crippen LogP contribution is -2.53. The van der Waals surface area contributed by atoms with E-state index in [1.54, 1.807) is 0 Å². The summed E-state index contributed by atoms with van der Waals surface area (Å²) in [4.78, 5) is 5.09. The van der Waals surface area contributed by atoms with Crippen molar-refractivity contribution in [2.45, 2.75) is 82.4 Å². The molecule has 3 aliphatic heterocycles. The second-order valence-electron chi connectivity index (χ2n) is 18.8. The summed E-state index contributed by atoms with van der Waals surface area (Å²) >= 11 is 0. The summed E-state index contributed by atoms with van der Waals surface area (Å²) in [5, 5.41) is 8.72. The second-order valence-corrected chi connectivity index (χ2v) is 19.8. The van der Waals surface area contributed by atoms with Crippen molar-refractivity contribution in [2.24, 2.45) is 10.9 Å². The molecule has 0 spiro atoms. The number of nitrogens with zero attached hydrogens (tertiary/aromatic N) is 1. The van der Waals surface area contributed by atoms with Gasteiger partial charge in [0.2, 0.25) is 5.90 Å². The van der Waals surface area contributed by atoms with Crippen LogP contribution in [0.3, 0.4) is 0 Å². The van der Waals surface area contributed by atoms with Crippen molar-refractivity contribution in [3.63, 3.8) is 0 Å². The van der Waals surface area contributed by atoms with Gasteiger partial charge < -0.3 is 14.2 Å². The van der Waals surface area contributed by atoms with Gasteiger partial charge in [-0.1, -0.05) is 159 Å². The first-order valence-electron chi connectivity index (χ1n) is 22.3. The molecule has 0 aliphatic carbocycles. The van der Waals surface area contributed by atoms with Crippen LogP contribution in [0.1, 0.15) is 63.8 Å². The van der Waals surface area contributed by atoms with E-state index in [0.717, 1.165) is 65.3 Å². The molecule has 0 N–H and O–H groups in total. The molecule has 0 amide bonds. The molecule has 2 fully saturated rings. The van der Waals surface area contributed by atoms with Crippen LogP contribution in [0.2, 0.25) is 0 Å². The van der Waals surface area contributed by atoms with Crippen LogP contribution in [-0.2, 0) is 39.0 Å². The molecule has 322 valence electrons. The van der Waals surface area contributed by atoms with Crippen molar-refractivity contribution in [3.05, 3.63) is 192 Å². The molecular formula is C56H52NO6P. The number of fused-ring (bicyclic) bond motifs is 5. The number of hydrogen-bond donors (Lipinski definition) is 0. The first-order chi connectivity index (χ1) is 30.9. The molecule has 0 saturated carbocycles. The largest absolute Gasteiger partial charge is 0.477 e. The predicted molar refractivity (Wildman–Crippen MR) is 257 cm³/mol. The van der Waals surface area contributed by atoms with E-state index < -0.39 is 43.4 Å². The lowest BCUT2D eigenvalue weighted by atomic mass is 9.71. The molecule has 8 aromatic rings. The molecule has 3 atom stereocenters. The van der Waals surface area contributed by atoms with Gasteiger partial charge in [-0.15, -0.1) is 0 Å². The molecule has 3 heterocycles. The van der Waals surface area contributed by atoms with Gasteiger partial charge in [-0.25, -0.2) is 4.99 Å². The standard InChI is InChI=1S/C56H52NO6P/c1-36(2)49-35-58-52(57-49)53(3,4)61-64-62-55(45-27-23-37-15-7-11-19-41(37)31-45,46-28-24-38-16-8-12-20-42(38)32-46)50-51(60-54(5,6)59-50)56(63-64,47-29-25-39-17-9-13-21-43(39)33-47)48-30-26-40-18-10-14-22-44(40)34-48/h7-34,36,49-51H,35H2,1-6H3/t49-,50+,51+/m0/s1. The van der Waals surface area contributed by atoms with Crippen LogP contribution in [0.5, 0.6) is 0 Å².